The Hall–Kier alpha value is -1.35. The standard InChI is InChI=1S/C18H27NO2/c1-18(2)10-8-16(9-11-18)19(3)13-15-7-5-4-6-14(15)12-17(20)21/h4-7,16H,8-13H2,1-3H3,(H,20,21). The van der Waals surface area contributed by atoms with Crippen LogP contribution in [0.3, 0.4) is 0 Å². The van der Waals surface area contributed by atoms with Gasteiger partial charge in [0.15, 0.2) is 0 Å². The number of carboxylic acids is 1. The van der Waals surface area contributed by atoms with Crippen molar-refractivity contribution >= 4 is 5.97 Å². The molecule has 1 aromatic carbocycles. The molecule has 116 valence electrons. The number of benzene rings is 1. The molecule has 1 fully saturated rings. The summed E-state index contributed by atoms with van der Waals surface area (Å²) in [6.45, 7) is 5.55. The highest BCUT2D eigenvalue weighted by atomic mass is 16.4. The molecule has 21 heavy (non-hydrogen) atoms. The Morgan fingerprint density at radius 2 is 1.81 bits per heavy atom. The normalized spacial score (nSPS) is 18.9. The van der Waals surface area contributed by atoms with E-state index >= 15 is 0 Å². The molecule has 0 bridgehead atoms. The van der Waals surface area contributed by atoms with Gasteiger partial charge in [-0.05, 0) is 49.3 Å². The lowest BCUT2D eigenvalue weighted by molar-refractivity contribution is -0.136. The summed E-state index contributed by atoms with van der Waals surface area (Å²) in [5.41, 5.74) is 2.57. The Bertz CT molecular complexity index is 486. The molecule has 1 aromatic rings. The summed E-state index contributed by atoms with van der Waals surface area (Å²) in [6, 6.07) is 8.53. The monoisotopic (exact) mass is 289 g/mol. The van der Waals surface area contributed by atoms with Crippen LogP contribution in [-0.4, -0.2) is 29.1 Å². The molecule has 2 rings (SSSR count). The molecule has 1 aliphatic rings. The Labute approximate surface area is 128 Å². The highest BCUT2D eigenvalue weighted by Gasteiger charge is 2.28. The summed E-state index contributed by atoms with van der Waals surface area (Å²) >= 11 is 0. The van der Waals surface area contributed by atoms with Gasteiger partial charge in [-0.1, -0.05) is 38.1 Å². The molecule has 1 aliphatic carbocycles. The van der Waals surface area contributed by atoms with Gasteiger partial charge in [-0.25, -0.2) is 0 Å². The summed E-state index contributed by atoms with van der Waals surface area (Å²) in [4.78, 5) is 13.4. The second kappa shape index (κ2) is 6.61. The Morgan fingerprint density at radius 1 is 1.24 bits per heavy atom. The topological polar surface area (TPSA) is 40.5 Å². The van der Waals surface area contributed by atoms with Crippen LogP contribution in [0.25, 0.3) is 0 Å². The average Bonchev–Trinajstić information content (AvgIpc) is 2.40. The Morgan fingerprint density at radius 3 is 2.38 bits per heavy atom. The van der Waals surface area contributed by atoms with Gasteiger partial charge in [0.1, 0.15) is 0 Å². The third-order valence-corrected chi connectivity index (χ3v) is 4.81. The van der Waals surface area contributed by atoms with Crippen LogP contribution in [0, 0.1) is 5.41 Å². The van der Waals surface area contributed by atoms with Crippen molar-refractivity contribution in [1.29, 1.82) is 0 Å². The van der Waals surface area contributed by atoms with Gasteiger partial charge in [0.2, 0.25) is 0 Å². The summed E-state index contributed by atoms with van der Waals surface area (Å²) in [6.07, 6.45) is 5.15. The average molecular weight is 289 g/mol. The van der Waals surface area contributed by atoms with Crippen molar-refractivity contribution in [1.82, 2.24) is 4.90 Å². The van der Waals surface area contributed by atoms with E-state index in [9.17, 15) is 4.79 Å². The fourth-order valence-corrected chi connectivity index (χ4v) is 3.27. The molecule has 0 atom stereocenters. The van der Waals surface area contributed by atoms with Crippen LogP contribution < -0.4 is 0 Å². The number of aliphatic carboxylic acids is 1. The maximum atomic E-state index is 11.0. The molecule has 1 N–H and O–H groups in total. The van der Waals surface area contributed by atoms with E-state index in [1.54, 1.807) is 0 Å². The second-order valence-corrected chi connectivity index (χ2v) is 7.15. The van der Waals surface area contributed by atoms with Crippen LogP contribution in [-0.2, 0) is 17.8 Å². The summed E-state index contributed by atoms with van der Waals surface area (Å²) in [5, 5.41) is 9.02. The fraction of sp³-hybridized carbons (Fsp3) is 0.611. The van der Waals surface area contributed by atoms with Gasteiger partial charge in [-0.15, -0.1) is 0 Å². The van der Waals surface area contributed by atoms with E-state index in [1.807, 2.05) is 18.2 Å². The lowest BCUT2D eigenvalue weighted by atomic mass is 9.75. The number of carbonyl (C=O) groups is 1. The summed E-state index contributed by atoms with van der Waals surface area (Å²) in [5.74, 6) is -0.760. The molecule has 0 radical (unpaired) electrons. The fourth-order valence-electron chi connectivity index (χ4n) is 3.27. The smallest absolute Gasteiger partial charge is 0.307 e. The first-order chi connectivity index (χ1) is 9.87. The van der Waals surface area contributed by atoms with Crippen molar-refractivity contribution in [2.75, 3.05) is 7.05 Å². The summed E-state index contributed by atoms with van der Waals surface area (Å²) < 4.78 is 0. The number of hydrogen-bond acceptors (Lipinski definition) is 2. The summed E-state index contributed by atoms with van der Waals surface area (Å²) in [7, 11) is 2.17. The van der Waals surface area contributed by atoms with Crippen molar-refractivity contribution in [3.63, 3.8) is 0 Å². The Balaban J connectivity index is 2.00. The molecule has 3 nitrogen and oxygen atoms in total. The first kappa shape index (κ1) is 16.0. The zero-order valence-electron chi connectivity index (χ0n) is 13.4. The number of rotatable bonds is 5. The van der Waals surface area contributed by atoms with Gasteiger partial charge in [-0.3, -0.25) is 9.69 Å². The minimum atomic E-state index is -0.760. The van der Waals surface area contributed by atoms with E-state index in [-0.39, 0.29) is 6.42 Å². The minimum absolute atomic E-state index is 0.113. The van der Waals surface area contributed by atoms with Crippen molar-refractivity contribution < 1.29 is 9.90 Å². The molecule has 0 saturated heterocycles. The Kier molecular flexibility index (Phi) is 5.04. The van der Waals surface area contributed by atoms with E-state index in [4.69, 9.17) is 5.11 Å². The number of nitrogens with zero attached hydrogens (tertiary/aromatic N) is 1. The number of hydrogen-bond donors (Lipinski definition) is 1. The van der Waals surface area contributed by atoms with Gasteiger partial charge in [0, 0.05) is 12.6 Å². The number of carboxylic acid groups (broad SMARTS) is 1. The predicted molar refractivity (Wildman–Crippen MR) is 85.3 cm³/mol. The van der Waals surface area contributed by atoms with E-state index < -0.39 is 5.97 Å². The van der Waals surface area contributed by atoms with Gasteiger partial charge in [0.25, 0.3) is 0 Å². The molecule has 3 heteroatoms. The van der Waals surface area contributed by atoms with E-state index in [2.05, 4.69) is 31.9 Å². The third-order valence-electron chi connectivity index (χ3n) is 4.81. The van der Waals surface area contributed by atoms with E-state index in [0.717, 1.165) is 17.7 Å². The van der Waals surface area contributed by atoms with Crippen LogP contribution >= 0.6 is 0 Å². The lowest BCUT2D eigenvalue weighted by Crippen LogP contribution is -2.37. The molecule has 0 spiro atoms. The van der Waals surface area contributed by atoms with Crippen LogP contribution in [0.4, 0.5) is 0 Å². The second-order valence-electron chi connectivity index (χ2n) is 7.15. The highest BCUT2D eigenvalue weighted by Crippen LogP contribution is 2.36. The van der Waals surface area contributed by atoms with E-state index in [1.165, 1.54) is 25.7 Å². The van der Waals surface area contributed by atoms with Gasteiger partial charge >= 0.3 is 5.97 Å². The van der Waals surface area contributed by atoms with Gasteiger partial charge in [-0.2, -0.15) is 0 Å². The molecular formula is C18H27NO2. The molecule has 0 aromatic heterocycles. The quantitative estimate of drug-likeness (QED) is 0.898. The van der Waals surface area contributed by atoms with Gasteiger partial charge in [0.05, 0.1) is 6.42 Å². The van der Waals surface area contributed by atoms with Crippen molar-refractivity contribution in [2.45, 2.75) is 58.5 Å². The predicted octanol–water partition coefficient (Wildman–Crippen LogP) is 3.71. The van der Waals surface area contributed by atoms with Crippen molar-refractivity contribution in [2.24, 2.45) is 5.41 Å². The minimum Gasteiger partial charge on any atom is -0.481 e. The third kappa shape index (κ3) is 4.57. The van der Waals surface area contributed by atoms with Crippen molar-refractivity contribution in [3.8, 4) is 0 Å². The molecule has 0 amide bonds. The molecule has 0 aliphatic heterocycles. The van der Waals surface area contributed by atoms with Crippen LogP contribution in [0.2, 0.25) is 0 Å². The van der Waals surface area contributed by atoms with Crippen molar-refractivity contribution in [3.05, 3.63) is 35.4 Å². The SMILES string of the molecule is CN(Cc1ccccc1CC(=O)O)C1CCC(C)(C)CC1. The van der Waals surface area contributed by atoms with E-state index in [0.29, 0.717) is 11.5 Å². The molecule has 0 unspecified atom stereocenters. The van der Waals surface area contributed by atoms with Crippen LogP contribution in [0.5, 0.6) is 0 Å². The first-order valence-electron chi connectivity index (χ1n) is 7.86. The maximum Gasteiger partial charge on any atom is 0.307 e. The molecular weight excluding hydrogens is 262 g/mol. The highest BCUT2D eigenvalue weighted by molar-refractivity contribution is 5.70. The van der Waals surface area contributed by atoms with Gasteiger partial charge < -0.3 is 5.11 Å². The van der Waals surface area contributed by atoms with Crippen LogP contribution in [0.15, 0.2) is 24.3 Å². The largest absolute Gasteiger partial charge is 0.481 e. The first-order valence-corrected chi connectivity index (χ1v) is 7.86. The zero-order chi connectivity index (χ0) is 15.5. The molecule has 0 heterocycles. The van der Waals surface area contributed by atoms with Crippen LogP contribution in [0.1, 0.15) is 50.7 Å². The zero-order valence-corrected chi connectivity index (χ0v) is 13.4. The maximum absolute atomic E-state index is 11.0. The molecule has 1 saturated carbocycles. The lowest BCUT2D eigenvalue weighted by Gasteiger charge is -2.38.